The number of aromatic nitrogens is 2. The van der Waals surface area contributed by atoms with Crippen LogP contribution in [-0.2, 0) is 16.8 Å². The first-order valence-corrected chi connectivity index (χ1v) is 8.71. The van der Waals surface area contributed by atoms with Crippen LogP contribution in [0.25, 0.3) is 0 Å². The van der Waals surface area contributed by atoms with Crippen molar-refractivity contribution in [2.45, 2.75) is 71.0 Å². The first kappa shape index (κ1) is 18.5. The highest BCUT2D eigenvalue weighted by Gasteiger charge is 2.30. The number of carbonyl (C=O) groups is 1. The van der Waals surface area contributed by atoms with Gasteiger partial charge in [-0.05, 0) is 47.0 Å². The number of fused-ring (bicyclic) bond motifs is 1. The number of amides is 1. The Kier molecular flexibility index (Phi) is 5.66. The minimum Gasteiger partial charge on any atom is -0.343 e. The van der Waals surface area contributed by atoms with E-state index in [1.165, 1.54) is 11.3 Å². The third kappa shape index (κ3) is 3.96. The van der Waals surface area contributed by atoms with E-state index in [2.05, 4.69) is 41.9 Å². The van der Waals surface area contributed by atoms with E-state index in [1.807, 2.05) is 13.1 Å². The SMILES string of the molecule is C[C@@H](N[C@@H]1CCCc2c1cnn2C(C)(C)C)C(=O)N(C)CCC#N. The minimum absolute atomic E-state index is 0.0283. The van der Waals surface area contributed by atoms with Gasteiger partial charge in [0.05, 0.1) is 30.3 Å². The van der Waals surface area contributed by atoms with Crippen LogP contribution in [0, 0.1) is 11.3 Å². The molecule has 1 aromatic rings. The van der Waals surface area contributed by atoms with Gasteiger partial charge in [-0.3, -0.25) is 14.8 Å². The van der Waals surface area contributed by atoms with Crippen LogP contribution in [0.4, 0.5) is 0 Å². The largest absolute Gasteiger partial charge is 0.343 e. The first-order chi connectivity index (χ1) is 11.3. The molecular formula is C18H29N5O. The van der Waals surface area contributed by atoms with Crippen molar-refractivity contribution >= 4 is 5.91 Å². The van der Waals surface area contributed by atoms with Crippen molar-refractivity contribution in [2.24, 2.45) is 0 Å². The number of rotatable bonds is 5. The molecule has 1 aliphatic rings. The number of carbonyl (C=O) groups excluding carboxylic acids is 1. The van der Waals surface area contributed by atoms with Gasteiger partial charge in [-0.2, -0.15) is 10.4 Å². The fraction of sp³-hybridized carbons (Fsp3) is 0.722. The van der Waals surface area contributed by atoms with Crippen molar-refractivity contribution in [3.63, 3.8) is 0 Å². The molecule has 6 nitrogen and oxygen atoms in total. The lowest BCUT2D eigenvalue weighted by molar-refractivity contribution is -0.131. The number of hydrogen-bond acceptors (Lipinski definition) is 4. The molecule has 0 saturated carbocycles. The fourth-order valence-electron chi connectivity index (χ4n) is 3.34. The molecule has 0 fully saturated rings. The Balaban J connectivity index is 2.09. The second-order valence-corrected chi connectivity index (χ2v) is 7.63. The van der Waals surface area contributed by atoms with Crippen LogP contribution in [0.15, 0.2) is 6.20 Å². The summed E-state index contributed by atoms with van der Waals surface area (Å²) in [5, 5.41) is 16.7. The highest BCUT2D eigenvalue weighted by Crippen LogP contribution is 2.32. The van der Waals surface area contributed by atoms with Crippen LogP contribution in [0.3, 0.4) is 0 Å². The number of nitrogens with zero attached hydrogens (tertiary/aromatic N) is 4. The molecule has 6 heteroatoms. The van der Waals surface area contributed by atoms with E-state index in [4.69, 9.17) is 5.26 Å². The van der Waals surface area contributed by atoms with Gasteiger partial charge in [-0.1, -0.05) is 0 Å². The van der Waals surface area contributed by atoms with E-state index < -0.39 is 0 Å². The zero-order chi connectivity index (χ0) is 17.9. The molecule has 1 heterocycles. The smallest absolute Gasteiger partial charge is 0.239 e. The highest BCUT2D eigenvalue weighted by molar-refractivity contribution is 5.81. The summed E-state index contributed by atoms with van der Waals surface area (Å²) < 4.78 is 2.11. The Labute approximate surface area is 144 Å². The monoisotopic (exact) mass is 331 g/mol. The summed E-state index contributed by atoms with van der Waals surface area (Å²) in [6.45, 7) is 8.85. The van der Waals surface area contributed by atoms with Crippen molar-refractivity contribution in [2.75, 3.05) is 13.6 Å². The Morgan fingerprint density at radius 2 is 2.29 bits per heavy atom. The van der Waals surface area contributed by atoms with Crippen molar-refractivity contribution in [3.8, 4) is 6.07 Å². The van der Waals surface area contributed by atoms with E-state index >= 15 is 0 Å². The van der Waals surface area contributed by atoms with Gasteiger partial charge in [-0.25, -0.2) is 0 Å². The predicted molar refractivity (Wildman–Crippen MR) is 93.4 cm³/mol. The van der Waals surface area contributed by atoms with Gasteiger partial charge in [0.2, 0.25) is 5.91 Å². The molecule has 0 unspecified atom stereocenters. The van der Waals surface area contributed by atoms with Gasteiger partial charge in [-0.15, -0.1) is 0 Å². The summed E-state index contributed by atoms with van der Waals surface area (Å²) in [6, 6.07) is 1.96. The van der Waals surface area contributed by atoms with Crippen LogP contribution >= 0.6 is 0 Å². The minimum atomic E-state index is -0.275. The van der Waals surface area contributed by atoms with Gasteiger partial charge in [0.25, 0.3) is 0 Å². The van der Waals surface area contributed by atoms with E-state index in [0.29, 0.717) is 13.0 Å². The number of likely N-dealkylation sites (N-methyl/N-ethyl adjacent to an activating group) is 1. The summed E-state index contributed by atoms with van der Waals surface area (Å²) in [5.41, 5.74) is 2.47. The summed E-state index contributed by atoms with van der Waals surface area (Å²) in [5.74, 6) is 0.0283. The number of nitriles is 1. The molecule has 2 atom stereocenters. The third-order valence-corrected chi connectivity index (χ3v) is 4.58. The maximum atomic E-state index is 12.4. The van der Waals surface area contributed by atoms with Crippen LogP contribution < -0.4 is 5.32 Å². The van der Waals surface area contributed by atoms with E-state index in [1.54, 1.807) is 11.9 Å². The van der Waals surface area contributed by atoms with Gasteiger partial charge >= 0.3 is 0 Å². The molecule has 1 N–H and O–H groups in total. The molecule has 1 amide bonds. The summed E-state index contributed by atoms with van der Waals surface area (Å²) in [4.78, 5) is 14.1. The topological polar surface area (TPSA) is 74.0 Å². The number of hydrogen-bond donors (Lipinski definition) is 1. The lowest BCUT2D eigenvalue weighted by atomic mass is 9.91. The van der Waals surface area contributed by atoms with Gasteiger partial charge in [0.15, 0.2) is 0 Å². The van der Waals surface area contributed by atoms with E-state index in [9.17, 15) is 4.79 Å². The Morgan fingerprint density at radius 3 is 2.92 bits per heavy atom. The average molecular weight is 331 g/mol. The molecule has 0 radical (unpaired) electrons. The molecule has 0 saturated heterocycles. The first-order valence-electron chi connectivity index (χ1n) is 8.71. The summed E-state index contributed by atoms with van der Waals surface area (Å²) in [6.07, 6.45) is 5.46. The Hall–Kier alpha value is -1.87. The van der Waals surface area contributed by atoms with Crippen molar-refractivity contribution in [3.05, 3.63) is 17.5 Å². The number of nitrogens with one attached hydrogen (secondary N) is 1. The van der Waals surface area contributed by atoms with Crippen LogP contribution in [0.2, 0.25) is 0 Å². The van der Waals surface area contributed by atoms with Gasteiger partial charge in [0.1, 0.15) is 0 Å². The van der Waals surface area contributed by atoms with E-state index in [-0.39, 0.29) is 23.5 Å². The van der Waals surface area contributed by atoms with Crippen molar-refractivity contribution < 1.29 is 4.79 Å². The zero-order valence-electron chi connectivity index (χ0n) is 15.5. The normalized spacial score (nSPS) is 18.6. The third-order valence-electron chi connectivity index (χ3n) is 4.58. The average Bonchev–Trinajstić information content (AvgIpc) is 2.97. The maximum absolute atomic E-state index is 12.4. The molecule has 1 aromatic heterocycles. The van der Waals surface area contributed by atoms with Crippen LogP contribution in [0.5, 0.6) is 0 Å². The highest BCUT2D eigenvalue weighted by atomic mass is 16.2. The van der Waals surface area contributed by atoms with Crippen molar-refractivity contribution in [1.29, 1.82) is 5.26 Å². The summed E-state index contributed by atoms with van der Waals surface area (Å²) >= 11 is 0. The molecule has 0 spiro atoms. The molecule has 132 valence electrons. The molecule has 1 aliphatic carbocycles. The standard InChI is InChI=1S/C18H29N5O/c1-13(17(24)22(5)11-7-10-19)21-15-8-6-9-16-14(15)12-20-23(16)18(2,3)4/h12-13,15,21H,6-9,11H2,1-5H3/t13-,15-/m1/s1. The fourth-order valence-corrected chi connectivity index (χ4v) is 3.34. The molecule has 0 bridgehead atoms. The van der Waals surface area contributed by atoms with Crippen molar-refractivity contribution in [1.82, 2.24) is 20.0 Å². The molecule has 0 aliphatic heterocycles. The quantitative estimate of drug-likeness (QED) is 0.899. The second-order valence-electron chi connectivity index (χ2n) is 7.63. The Bertz CT molecular complexity index is 622. The molecule has 2 rings (SSSR count). The molecular weight excluding hydrogens is 302 g/mol. The molecule has 24 heavy (non-hydrogen) atoms. The maximum Gasteiger partial charge on any atom is 0.239 e. The zero-order valence-corrected chi connectivity index (χ0v) is 15.5. The molecule has 0 aromatic carbocycles. The summed E-state index contributed by atoms with van der Waals surface area (Å²) in [7, 11) is 1.75. The van der Waals surface area contributed by atoms with E-state index in [0.717, 1.165) is 19.3 Å². The van der Waals surface area contributed by atoms with Gasteiger partial charge < -0.3 is 4.90 Å². The van der Waals surface area contributed by atoms with Crippen LogP contribution in [0.1, 0.15) is 64.3 Å². The second kappa shape index (κ2) is 7.35. The lowest BCUT2D eigenvalue weighted by Gasteiger charge is -2.30. The Morgan fingerprint density at radius 1 is 1.58 bits per heavy atom. The predicted octanol–water partition coefficient (Wildman–Crippen LogP) is 2.37. The van der Waals surface area contributed by atoms with Gasteiger partial charge in [0, 0.05) is 30.9 Å². The van der Waals surface area contributed by atoms with Crippen LogP contribution in [-0.4, -0.2) is 40.2 Å². The lowest BCUT2D eigenvalue weighted by Crippen LogP contribution is -2.45.